The number of hydrogen-bond donors (Lipinski definition) is 2. The SMILES string of the molecule is Cl.O=C([C@@H]1CCCN1)N1CCCC1[C@H](O)COCc1ccccc1. The Hall–Kier alpha value is -1.14. The molecule has 1 aromatic carbocycles. The predicted molar refractivity (Wildman–Crippen MR) is 95.1 cm³/mol. The van der Waals surface area contributed by atoms with Crippen LogP contribution in [0.5, 0.6) is 0 Å². The number of rotatable bonds is 6. The molecular formula is C18H27ClN2O3. The number of ether oxygens (including phenoxy) is 1. The Morgan fingerprint density at radius 2 is 2.08 bits per heavy atom. The Kier molecular flexibility index (Phi) is 7.49. The summed E-state index contributed by atoms with van der Waals surface area (Å²) in [5.74, 6) is 0.145. The van der Waals surface area contributed by atoms with E-state index < -0.39 is 6.10 Å². The molecule has 3 atom stereocenters. The van der Waals surface area contributed by atoms with Crippen LogP contribution in [0.2, 0.25) is 0 Å². The van der Waals surface area contributed by atoms with E-state index in [0.717, 1.165) is 44.3 Å². The van der Waals surface area contributed by atoms with Crippen LogP contribution in [0.15, 0.2) is 30.3 Å². The molecule has 0 aliphatic carbocycles. The fraction of sp³-hybridized carbons (Fsp3) is 0.611. The van der Waals surface area contributed by atoms with Crippen LogP contribution >= 0.6 is 12.4 Å². The molecule has 0 spiro atoms. The third kappa shape index (κ3) is 4.70. The fourth-order valence-corrected chi connectivity index (χ4v) is 3.54. The van der Waals surface area contributed by atoms with Crippen molar-refractivity contribution in [1.29, 1.82) is 0 Å². The van der Waals surface area contributed by atoms with Crippen molar-refractivity contribution < 1.29 is 14.6 Å². The zero-order valence-electron chi connectivity index (χ0n) is 13.9. The number of likely N-dealkylation sites (tertiary alicyclic amines) is 1. The van der Waals surface area contributed by atoms with Crippen LogP contribution in [0.25, 0.3) is 0 Å². The molecule has 0 bridgehead atoms. The van der Waals surface area contributed by atoms with Gasteiger partial charge >= 0.3 is 0 Å². The molecule has 1 unspecified atom stereocenters. The van der Waals surface area contributed by atoms with Gasteiger partial charge in [0.1, 0.15) is 0 Å². The molecule has 0 saturated carbocycles. The van der Waals surface area contributed by atoms with E-state index in [1.54, 1.807) is 0 Å². The zero-order valence-corrected chi connectivity index (χ0v) is 14.7. The van der Waals surface area contributed by atoms with Crippen molar-refractivity contribution in [3.63, 3.8) is 0 Å². The number of nitrogens with one attached hydrogen (secondary N) is 1. The summed E-state index contributed by atoms with van der Waals surface area (Å²) in [6, 6.07) is 9.75. The first-order valence-corrected chi connectivity index (χ1v) is 8.59. The summed E-state index contributed by atoms with van der Waals surface area (Å²) in [6.45, 7) is 2.42. The minimum Gasteiger partial charge on any atom is -0.389 e. The van der Waals surface area contributed by atoms with Gasteiger partial charge in [-0.25, -0.2) is 0 Å². The quantitative estimate of drug-likeness (QED) is 0.816. The molecule has 2 saturated heterocycles. The van der Waals surface area contributed by atoms with Crippen molar-refractivity contribution >= 4 is 18.3 Å². The number of amides is 1. The van der Waals surface area contributed by atoms with Gasteiger partial charge in [-0.15, -0.1) is 12.4 Å². The molecule has 3 rings (SSSR count). The molecule has 2 fully saturated rings. The van der Waals surface area contributed by atoms with Crippen molar-refractivity contribution in [1.82, 2.24) is 10.2 Å². The lowest BCUT2D eigenvalue weighted by Gasteiger charge is -2.30. The Labute approximate surface area is 149 Å². The summed E-state index contributed by atoms with van der Waals surface area (Å²) >= 11 is 0. The number of aliphatic hydroxyl groups is 1. The van der Waals surface area contributed by atoms with E-state index in [4.69, 9.17) is 4.74 Å². The Balaban J connectivity index is 0.00000208. The monoisotopic (exact) mass is 354 g/mol. The van der Waals surface area contributed by atoms with Gasteiger partial charge in [0.05, 0.1) is 31.4 Å². The van der Waals surface area contributed by atoms with E-state index in [1.807, 2.05) is 35.2 Å². The standard InChI is InChI=1S/C18H26N2O3.ClH/c21-17(13-23-12-14-6-2-1-3-7-14)16-9-5-11-20(16)18(22)15-8-4-10-19-15;/h1-3,6-7,15-17,19,21H,4-5,8-13H2;1H/t15-,16?,17+;/m0./s1. The van der Waals surface area contributed by atoms with Crippen LogP contribution in [0.4, 0.5) is 0 Å². The lowest BCUT2D eigenvalue weighted by molar-refractivity contribution is -0.137. The maximum Gasteiger partial charge on any atom is 0.240 e. The molecular weight excluding hydrogens is 328 g/mol. The van der Waals surface area contributed by atoms with Crippen molar-refractivity contribution in [2.75, 3.05) is 19.7 Å². The van der Waals surface area contributed by atoms with Gasteiger partial charge in [-0.1, -0.05) is 30.3 Å². The van der Waals surface area contributed by atoms with E-state index in [2.05, 4.69) is 5.32 Å². The van der Waals surface area contributed by atoms with Crippen LogP contribution in [-0.2, 0) is 16.1 Å². The highest BCUT2D eigenvalue weighted by Crippen LogP contribution is 2.23. The molecule has 2 aliphatic heterocycles. The van der Waals surface area contributed by atoms with Crippen molar-refractivity contribution in [2.24, 2.45) is 0 Å². The Bertz CT molecular complexity index is 508. The Morgan fingerprint density at radius 1 is 1.29 bits per heavy atom. The first-order chi connectivity index (χ1) is 11.3. The normalized spacial score (nSPS) is 24.6. The third-order valence-electron chi connectivity index (χ3n) is 4.79. The highest BCUT2D eigenvalue weighted by atomic mass is 35.5. The van der Waals surface area contributed by atoms with E-state index >= 15 is 0 Å². The van der Waals surface area contributed by atoms with E-state index in [-0.39, 0.29) is 37.0 Å². The molecule has 24 heavy (non-hydrogen) atoms. The number of aliphatic hydroxyl groups excluding tert-OH is 1. The summed E-state index contributed by atoms with van der Waals surface area (Å²) in [5.41, 5.74) is 1.09. The molecule has 134 valence electrons. The Morgan fingerprint density at radius 3 is 2.79 bits per heavy atom. The molecule has 0 aromatic heterocycles. The molecule has 6 heteroatoms. The van der Waals surface area contributed by atoms with Crippen molar-refractivity contribution in [3.8, 4) is 0 Å². The van der Waals surface area contributed by atoms with Crippen LogP contribution in [0, 0.1) is 0 Å². The summed E-state index contributed by atoms with van der Waals surface area (Å²) in [4.78, 5) is 14.4. The van der Waals surface area contributed by atoms with E-state index in [0.29, 0.717) is 6.61 Å². The third-order valence-corrected chi connectivity index (χ3v) is 4.79. The second-order valence-electron chi connectivity index (χ2n) is 6.46. The van der Waals surface area contributed by atoms with Crippen LogP contribution < -0.4 is 5.32 Å². The summed E-state index contributed by atoms with van der Waals surface area (Å²) < 4.78 is 5.64. The van der Waals surface area contributed by atoms with Crippen molar-refractivity contribution in [2.45, 2.75) is 50.5 Å². The fourth-order valence-electron chi connectivity index (χ4n) is 3.54. The van der Waals surface area contributed by atoms with E-state index in [1.165, 1.54) is 0 Å². The minimum atomic E-state index is -0.619. The number of carbonyl (C=O) groups is 1. The average Bonchev–Trinajstić information content (AvgIpc) is 3.27. The number of carbonyl (C=O) groups excluding carboxylic acids is 1. The lowest BCUT2D eigenvalue weighted by atomic mass is 10.1. The second-order valence-corrected chi connectivity index (χ2v) is 6.46. The highest BCUT2D eigenvalue weighted by Gasteiger charge is 2.37. The van der Waals surface area contributed by atoms with Crippen LogP contribution in [0.1, 0.15) is 31.2 Å². The number of hydrogen-bond acceptors (Lipinski definition) is 4. The molecule has 2 aliphatic rings. The van der Waals surface area contributed by atoms with Gasteiger partial charge in [0.2, 0.25) is 5.91 Å². The van der Waals surface area contributed by atoms with Gasteiger partial charge in [-0.2, -0.15) is 0 Å². The van der Waals surface area contributed by atoms with Crippen LogP contribution in [0.3, 0.4) is 0 Å². The number of benzene rings is 1. The summed E-state index contributed by atoms with van der Waals surface area (Å²) in [5, 5.41) is 13.7. The smallest absolute Gasteiger partial charge is 0.240 e. The predicted octanol–water partition coefficient (Wildman–Crippen LogP) is 1.73. The number of nitrogens with zero attached hydrogens (tertiary/aromatic N) is 1. The minimum absolute atomic E-state index is 0. The van der Waals surface area contributed by atoms with Gasteiger partial charge in [0, 0.05) is 6.54 Å². The van der Waals surface area contributed by atoms with Gasteiger partial charge < -0.3 is 20.1 Å². The highest BCUT2D eigenvalue weighted by molar-refractivity contribution is 5.85. The van der Waals surface area contributed by atoms with Crippen LogP contribution in [-0.4, -0.2) is 53.8 Å². The maximum absolute atomic E-state index is 12.6. The molecule has 0 radical (unpaired) electrons. The number of halogens is 1. The topological polar surface area (TPSA) is 61.8 Å². The first-order valence-electron chi connectivity index (χ1n) is 8.59. The first kappa shape index (κ1) is 19.2. The lowest BCUT2D eigenvalue weighted by Crippen LogP contribution is -2.50. The maximum atomic E-state index is 12.6. The van der Waals surface area contributed by atoms with Gasteiger partial charge in [-0.05, 0) is 37.8 Å². The van der Waals surface area contributed by atoms with Gasteiger partial charge in [0.15, 0.2) is 0 Å². The van der Waals surface area contributed by atoms with Gasteiger partial charge in [-0.3, -0.25) is 4.79 Å². The summed E-state index contributed by atoms with van der Waals surface area (Å²) in [6.07, 6.45) is 3.15. The van der Waals surface area contributed by atoms with Gasteiger partial charge in [0.25, 0.3) is 0 Å². The molecule has 1 amide bonds. The van der Waals surface area contributed by atoms with E-state index in [9.17, 15) is 9.90 Å². The summed E-state index contributed by atoms with van der Waals surface area (Å²) in [7, 11) is 0. The molecule has 1 aromatic rings. The second kappa shape index (κ2) is 9.37. The van der Waals surface area contributed by atoms with Crippen molar-refractivity contribution in [3.05, 3.63) is 35.9 Å². The molecule has 2 heterocycles. The zero-order chi connectivity index (χ0) is 16.1. The largest absolute Gasteiger partial charge is 0.389 e. The molecule has 5 nitrogen and oxygen atoms in total. The average molecular weight is 355 g/mol. The molecule has 2 N–H and O–H groups in total.